The molecule has 2 aromatic rings. The van der Waals surface area contributed by atoms with Gasteiger partial charge in [-0.05, 0) is 67.5 Å². The van der Waals surface area contributed by atoms with E-state index in [9.17, 15) is 23.1 Å². The Morgan fingerprint density at radius 3 is 2.41 bits per heavy atom. The molecule has 2 amide bonds. The van der Waals surface area contributed by atoms with E-state index in [0.29, 0.717) is 35.7 Å². The SMILES string of the molecule is CC[C@@H](CN(C)S(=O)(=O)C1CC1)N1C(=O)[C@@](C)(CC(=O)NCCC(O)CO)CC(c2cccc(Cl)c2)C1c1ccc(Cl)cc1. The predicted molar refractivity (Wildman–Crippen MR) is 172 cm³/mol. The molecule has 2 fully saturated rings. The van der Waals surface area contributed by atoms with Crippen LogP contribution in [0, 0.1) is 5.41 Å². The third-order valence-corrected chi connectivity index (χ3v) is 11.7. The molecule has 3 N–H and O–H groups in total. The van der Waals surface area contributed by atoms with E-state index in [2.05, 4.69) is 5.32 Å². The molecule has 0 bridgehead atoms. The van der Waals surface area contributed by atoms with E-state index in [1.165, 1.54) is 4.31 Å². The van der Waals surface area contributed by atoms with Gasteiger partial charge in [0.05, 0.1) is 29.4 Å². The Morgan fingerprint density at radius 2 is 1.82 bits per heavy atom. The van der Waals surface area contributed by atoms with E-state index in [-0.39, 0.29) is 48.9 Å². The van der Waals surface area contributed by atoms with Crippen LogP contribution >= 0.6 is 23.2 Å². The first-order valence-electron chi connectivity index (χ1n) is 15.1. The molecule has 9 nitrogen and oxygen atoms in total. The largest absolute Gasteiger partial charge is 0.394 e. The normalized spacial score (nSPS) is 23.9. The Bertz CT molecular complexity index is 1420. The molecule has 12 heteroatoms. The number of nitrogens with one attached hydrogen (secondary N) is 1. The van der Waals surface area contributed by atoms with Crippen LogP contribution in [0.1, 0.15) is 75.5 Å². The lowest BCUT2D eigenvalue weighted by Crippen LogP contribution is -2.58. The Hall–Kier alpha value is -2.21. The van der Waals surface area contributed by atoms with Crippen molar-refractivity contribution in [3.05, 3.63) is 69.7 Å². The number of hydrogen-bond acceptors (Lipinski definition) is 6. The lowest BCUT2D eigenvalue weighted by Gasteiger charge is -2.52. The number of benzene rings is 2. The van der Waals surface area contributed by atoms with Gasteiger partial charge in [-0.15, -0.1) is 0 Å². The molecule has 0 spiro atoms. The summed E-state index contributed by atoms with van der Waals surface area (Å²) < 4.78 is 27.7. The molecule has 1 saturated heterocycles. The smallest absolute Gasteiger partial charge is 0.229 e. The van der Waals surface area contributed by atoms with Crippen LogP contribution in [0.15, 0.2) is 48.5 Å². The number of aliphatic hydroxyl groups is 2. The third-order valence-electron chi connectivity index (χ3n) is 8.86. The van der Waals surface area contributed by atoms with Crippen molar-refractivity contribution in [2.45, 2.75) is 81.7 Å². The van der Waals surface area contributed by atoms with Crippen molar-refractivity contribution in [2.75, 3.05) is 26.7 Å². The molecule has 4 rings (SSSR count). The van der Waals surface area contributed by atoms with Crippen LogP contribution in [-0.2, 0) is 19.6 Å². The zero-order valence-corrected chi connectivity index (χ0v) is 27.8. The van der Waals surface area contributed by atoms with E-state index in [1.807, 2.05) is 37.3 Å². The van der Waals surface area contributed by atoms with Crippen molar-refractivity contribution in [1.82, 2.24) is 14.5 Å². The molecular formula is C32H43Cl2N3O6S. The fraction of sp³-hybridized carbons (Fsp3) is 0.562. The summed E-state index contributed by atoms with van der Waals surface area (Å²) >= 11 is 12.7. The van der Waals surface area contributed by atoms with Gasteiger partial charge in [-0.2, -0.15) is 0 Å². The fourth-order valence-electron chi connectivity index (χ4n) is 6.27. The maximum atomic E-state index is 14.7. The summed E-state index contributed by atoms with van der Waals surface area (Å²) in [6.07, 6.45) is 1.24. The number of halogens is 2. The first-order chi connectivity index (χ1) is 20.8. The highest BCUT2D eigenvalue weighted by Crippen LogP contribution is 2.52. The Morgan fingerprint density at radius 1 is 1.14 bits per heavy atom. The lowest BCUT2D eigenvalue weighted by molar-refractivity contribution is -0.157. The molecule has 242 valence electrons. The number of carbonyl (C=O) groups excluding carboxylic acids is 2. The van der Waals surface area contributed by atoms with Crippen LogP contribution in [0.4, 0.5) is 0 Å². The van der Waals surface area contributed by atoms with Gasteiger partial charge < -0.3 is 20.4 Å². The van der Waals surface area contributed by atoms with Crippen LogP contribution < -0.4 is 5.32 Å². The second-order valence-electron chi connectivity index (χ2n) is 12.4. The van der Waals surface area contributed by atoms with Gasteiger partial charge in [0, 0.05) is 48.6 Å². The van der Waals surface area contributed by atoms with Crippen molar-refractivity contribution in [3.8, 4) is 0 Å². The number of piperidine rings is 1. The summed E-state index contributed by atoms with van der Waals surface area (Å²) in [6.45, 7) is 3.60. The van der Waals surface area contributed by atoms with E-state index in [1.54, 1.807) is 37.1 Å². The topological polar surface area (TPSA) is 127 Å². The van der Waals surface area contributed by atoms with E-state index in [0.717, 1.165) is 11.1 Å². The quantitative estimate of drug-likeness (QED) is 0.272. The molecule has 0 aromatic heterocycles. The molecular weight excluding hydrogens is 625 g/mol. The number of sulfonamides is 1. The molecule has 44 heavy (non-hydrogen) atoms. The summed E-state index contributed by atoms with van der Waals surface area (Å²) in [5, 5.41) is 22.3. The molecule has 1 aliphatic carbocycles. The first kappa shape index (κ1) is 34.7. The second kappa shape index (κ2) is 14.5. The average molecular weight is 669 g/mol. The number of carbonyl (C=O) groups is 2. The highest BCUT2D eigenvalue weighted by Gasteiger charge is 2.52. The van der Waals surface area contributed by atoms with Gasteiger partial charge in [0.15, 0.2) is 0 Å². The van der Waals surface area contributed by atoms with Gasteiger partial charge in [0.2, 0.25) is 21.8 Å². The van der Waals surface area contributed by atoms with Crippen molar-refractivity contribution in [2.24, 2.45) is 5.41 Å². The number of hydrogen-bond donors (Lipinski definition) is 3. The molecule has 1 saturated carbocycles. The van der Waals surface area contributed by atoms with Crippen LogP contribution in [-0.4, -0.2) is 83.8 Å². The third kappa shape index (κ3) is 7.95. The summed E-state index contributed by atoms with van der Waals surface area (Å²) in [5.74, 6) is -0.853. The zero-order valence-electron chi connectivity index (χ0n) is 25.5. The zero-order chi connectivity index (χ0) is 32.2. The molecule has 2 aliphatic rings. The van der Waals surface area contributed by atoms with Crippen molar-refractivity contribution >= 4 is 45.0 Å². The van der Waals surface area contributed by atoms with Gasteiger partial charge in [-0.25, -0.2) is 12.7 Å². The monoisotopic (exact) mass is 667 g/mol. The predicted octanol–water partition coefficient (Wildman–Crippen LogP) is 4.51. The minimum Gasteiger partial charge on any atom is -0.394 e. The van der Waals surface area contributed by atoms with Crippen LogP contribution in [0.5, 0.6) is 0 Å². The maximum absolute atomic E-state index is 14.7. The molecule has 5 atom stereocenters. The molecule has 1 heterocycles. The van der Waals surface area contributed by atoms with Gasteiger partial charge in [0.1, 0.15) is 0 Å². The minimum absolute atomic E-state index is 0.103. The number of amides is 2. The summed E-state index contributed by atoms with van der Waals surface area (Å²) in [5.41, 5.74) is 0.626. The van der Waals surface area contributed by atoms with Crippen LogP contribution in [0.2, 0.25) is 10.0 Å². The number of nitrogens with zero attached hydrogens (tertiary/aromatic N) is 2. The highest BCUT2D eigenvalue weighted by molar-refractivity contribution is 7.90. The van der Waals surface area contributed by atoms with Gasteiger partial charge >= 0.3 is 0 Å². The fourth-order valence-corrected chi connectivity index (χ4v) is 8.21. The van der Waals surface area contributed by atoms with E-state index in [4.69, 9.17) is 28.3 Å². The summed E-state index contributed by atoms with van der Waals surface area (Å²) in [4.78, 5) is 29.7. The Balaban J connectivity index is 1.77. The van der Waals surface area contributed by atoms with Crippen molar-refractivity contribution in [3.63, 3.8) is 0 Å². The average Bonchev–Trinajstić information content (AvgIpc) is 3.84. The van der Waals surface area contributed by atoms with Gasteiger partial charge in [-0.3, -0.25) is 9.59 Å². The minimum atomic E-state index is -3.50. The van der Waals surface area contributed by atoms with Crippen molar-refractivity contribution < 1.29 is 28.2 Å². The molecule has 0 radical (unpaired) electrons. The van der Waals surface area contributed by atoms with E-state index < -0.39 is 40.2 Å². The van der Waals surface area contributed by atoms with Gasteiger partial charge in [0.25, 0.3) is 0 Å². The Labute approximate surface area is 270 Å². The molecule has 2 aromatic carbocycles. The molecule has 3 unspecified atom stereocenters. The van der Waals surface area contributed by atoms with Crippen LogP contribution in [0.25, 0.3) is 0 Å². The number of rotatable bonds is 14. The second-order valence-corrected chi connectivity index (χ2v) is 15.6. The maximum Gasteiger partial charge on any atom is 0.229 e. The van der Waals surface area contributed by atoms with E-state index >= 15 is 0 Å². The first-order valence-corrected chi connectivity index (χ1v) is 17.4. The lowest BCUT2D eigenvalue weighted by atomic mass is 9.67. The number of likely N-dealkylation sites (N-methyl/N-ethyl adjacent to an activating group) is 1. The number of likely N-dealkylation sites (tertiary alicyclic amines) is 1. The summed E-state index contributed by atoms with van der Waals surface area (Å²) in [6, 6.07) is 13.9. The summed E-state index contributed by atoms with van der Waals surface area (Å²) in [7, 11) is -1.92. The highest BCUT2D eigenvalue weighted by atomic mass is 35.5. The van der Waals surface area contributed by atoms with Gasteiger partial charge in [-0.1, -0.05) is 61.3 Å². The van der Waals surface area contributed by atoms with Crippen molar-refractivity contribution in [1.29, 1.82) is 0 Å². The standard InChI is InChI=1S/C32H43Cl2N3O6S/c1-4-25(19-36(3)44(42,43)27-12-13-27)37-30(21-8-10-23(33)11-9-21)28(22-6-5-7-24(34)16-22)17-32(2,31(37)41)18-29(40)35-15-14-26(39)20-38/h5-11,16,25-28,30,38-39H,4,12-15,17-20H2,1-3H3,(H,35,40)/t25-,26?,28?,30?,32+/m0/s1. The Kier molecular flexibility index (Phi) is 11.4. The van der Waals surface area contributed by atoms with Crippen LogP contribution in [0.3, 0.4) is 0 Å². The number of aliphatic hydroxyl groups excluding tert-OH is 2. The molecule has 1 aliphatic heterocycles.